The van der Waals surface area contributed by atoms with Crippen LogP contribution in [0.5, 0.6) is 0 Å². The first kappa shape index (κ1) is 13.0. The van der Waals surface area contributed by atoms with E-state index in [2.05, 4.69) is 15.9 Å². The Morgan fingerprint density at radius 1 is 1.28 bits per heavy atom. The van der Waals surface area contributed by atoms with Crippen LogP contribution in [0.1, 0.15) is 18.4 Å². The molecule has 0 aromatic heterocycles. The summed E-state index contributed by atoms with van der Waals surface area (Å²) in [5, 5.41) is 18.2. The number of aliphatic carboxylic acids is 2. The third-order valence-electron chi connectivity index (χ3n) is 3.03. The molecule has 18 heavy (non-hydrogen) atoms. The topological polar surface area (TPSA) is 83.8 Å². The molecule has 0 spiro atoms. The van der Waals surface area contributed by atoms with Crippen LogP contribution >= 0.6 is 15.9 Å². The Morgan fingerprint density at radius 2 is 1.89 bits per heavy atom. The fourth-order valence-electron chi connectivity index (χ4n) is 2.08. The Morgan fingerprint density at radius 3 is 2.33 bits per heavy atom. The van der Waals surface area contributed by atoms with Crippen molar-refractivity contribution >= 4 is 27.9 Å². The molecule has 2 unspecified atom stereocenters. The van der Waals surface area contributed by atoms with Gasteiger partial charge in [0, 0.05) is 4.47 Å². The summed E-state index contributed by atoms with van der Waals surface area (Å²) >= 11 is 3.26. The molecule has 6 heteroatoms. The molecule has 2 N–H and O–H groups in total. The van der Waals surface area contributed by atoms with Crippen LogP contribution in [-0.4, -0.2) is 28.3 Å². The van der Waals surface area contributed by atoms with Gasteiger partial charge in [-0.05, 0) is 30.5 Å². The molecule has 2 rings (SSSR count). The lowest BCUT2D eigenvalue weighted by atomic mass is 9.91. The second-order valence-corrected chi connectivity index (χ2v) is 5.04. The number of ether oxygens (including phenoxy) is 1. The highest BCUT2D eigenvalue weighted by Crippen LogP contribution is 2.40. The molecule has 96 valence electrons. The molecule has 0 aliphatic carbocycles. The number of halogens is 1. The molecule has 1 aliphatic heterocycles. The summed E-state index contributed by atoms with van der Waals surface area (Å²) in [5.74, 6) is -2.29. The van der Waals surface area contributed by atoms with Crippen molar-refractivity contribution in [3.63, 3.8) is 0 Å². The highest BCUT2D eigenvalue weighted by Gasteiger charge is 2.50. The lowest BCUT2D eigenvalue weighted by molar-refractivity contribution is -0.172. The van der Waals surface area contributed by atoms with Crippen LogP contribution < -0.4 is 0 Å². The van der Waals surface area contributed by atoms with Gasteiger partial charge in [0.25, 0.3) is 0 Å². The van der Waals surface area contributed by atoms with E-state index in [9.17, 15) is 14.7 Å². The number of hydrogen-bond acceptors (Lipinski definition) is 3. The van der Waals surface area contributed by atoms with E-state index in [1.165, 1.54) is 0 Å². The SMILES string of the molecule is O=C(O)C1CCC(C(=O)O)(c2ccc(Br)cc2)O1. The Bertz CT molecular complexity index is 484. The van der Waals surface area contributed by atoms with Crippen molar-refractivity contribution in [2.75, 3.05) is 0 Å². The first-order chi connectivity index (χ1) is 8.45. The van der Waals surface area contributed by atoms with E-state index in [0.29, 0.717) is 5.56 Å². The Balaban J connectivity index is 2.38. The van der Waals surface area contributed by atoms with Crippen molar-refractivity contribution in [3.8, 4) is 0 Å². The zero-order chi connectivity index (χ0) is 13.3. The molecular formula is C12H11BrO5. The van der Waals surface area contributed by atoms with E-state index >= 15 is 0 Å². The smallest absolute Gasteiger partial charge is 0.340 e. The second-order valence-electron chi connectivity index (χ2n) is 4.12. The van der Waals surface area contributed by atoms with Gasteiger partial charge in [-0.2, -0.15) is 0 Å². The van der Waals surface area contributed by atoms with E-state index in [1.807, 2.05) is 0 Å². The molecule has 0 bridgehead atoms. The van der Waals surface area contributed by atoms with Crippen molar-refractivity contribution < 1.29 is 24.5 Å². The summed E-state index contributed by atoms with van der Waals surface area (Å²) in [5.41, 5.74) is -1.09. The molecule has 5 nitrogen and oxygen atoms in total. The van der Waals surface area contributed by atoms with Gasteiger partial charge >= 0.3 is 11.9 Å². The fraction of sp³-hybridized carbons (Fsp3) is 0.333. The summed E-state index contributed by atoms with van der Waals surface area (Å²) in [6.07, 6.45) is -0.719. The maximum absolute atomic E-state index is 11.4. The molecular weight excluding hydrogens is 304 g/mol. The standard InChI is InChI=1S/C12H11BrO5/c13-8-3-1-7(2-4-8)12(11(16)17)6-5-9(18-12)10(14)15/h1-4,9H,5-6H2,(H,14,15)(H,16,17). The van der Waals surface area contributed by atoms with Gasteiger partial charge in [-0.1, -0.05) is 28.1 Å². The molecule has 1 aliphatic rings. The Hall–Kier alpha value is -1.40. The summed E-state index contributed by atoms with van der Waals surface area (Å²) in [4.78, 5) is 22.3. The predicted molar refractivity (Wildman–Crippen MR) is 65.2 cm³/mol. The van der Waals surface area contributed by atoms with E-state index < -0.39 is 23.6 Å². The van der Waals surface area contributed by atoms with Gasteiger partial charge < -0.3 is 14.9 Å². The zero-order valence-electron chi connectivity index (χ0n) is 9.30. The summed E-state index contributed by atoms with van der Waals surface area (Å²) in [6.45, 7) is 0. The number of carbonyl (C=O) groups is 2. The molecule has 0 saturated carbocycles. The van der Waals surface area contributed by atoms with Crippen LogP contribution in [0.3, 0.4) is 0 Å². The minimum atomic E-state index is -1.55. The zero-order valence-corrected chi connectivity index (χ0v) is 10.9. The molecule has 1 aromatic rings. The third kappa shape index (κ3) is 2.13. The normalized spacial score (nSPS) is 27.1. The molecule has 1 heterocycles. The van der Waals surface area contributed by atoms with Crippen LogP contribution in [0.4, 0.5) is 0 Å². The van der Waals surface area contributed by atoms with E-state index in [1.54, 1.807) is 24.3 Å². The number of rotatable bonds is 3. The van der Waals surface area contributed by atoms with Crippen molar-refractivity contribution in [2.45, 2.75) is 24.5 Å². The number of carboxylic acids is 2. The summed E-state index contributed by atoms with van der Waals surface area (Å²) in [7, 11) is 0. The summed E-state index contributed by atoms with van der Waals surface area (Å²) < 4.78 is 6.10. The first-order valence-corrected chi connectivity index (χ1v) is 6.15. The minimum absolute atomic E-state index is 0.154. The molecule has 0 radical (unpaired) electrons. The lowest BCUT2D eigenvalue weighted by Gasteiger charge is -2.24. The maximum atomic E-state index is 11.4. The van der Waals surface area contributed by atoms with Gasteiger partial charge in [0.05, 0.1) is 0 Å². The maximum Gasteiger partial charge on any atom is 0.340 e. The van der Waals surface area contributed by atoms with Crippen molar-refractivity contribution in [1.29, 1.82) is 0 Å². The van der Waals surface area contributed by atoms with Gasteiger partial charge in [0.1, 0.15) is 0 Å². The van der Waals surface area contributed by atoms with Crippen LogP contribution in [0.2, 0.25) is 0 Å². The van der Waals surface area contributed by atoms with Crippen molar-refractivity contribution in [3.05, 3.63) is 34.3 Å². The molecule has 0 amide bonds. The van der Waals surface area contributed by atoms with Gasteiger partial charge in [-0.15, -0.1) is 0 Å². The van der Waals surface area contributed by atoms with Crippen LogP contribution in [-0.2, 0) is 19.9 Å². The van der Waals surface area contributed by atoms with Gasteiger partial charge in [-0.3, -0.25) is 0 Å². The average molecular weight is 315 g/mol. The van der Waals surface area contributed by atoms with Gasteiger partial charge in [0.15, 0.2) is 11.7 Å². The van der Waals surface area contributed by atoms with E-state index in [-0.39, 0.29) is 12.8 Å². The molecule has 2 atom stereocenters. The summed E-state index contributed by atoms with van der Waals surface area (Å²) in [6, 6.07) is 6.67. The quantitative estimate of drug-likeness (QED) is 0.891. The second kappa shape index (κ2) is 4.70. The third-order valence-corrected chi connectivity index (χ3v) is 3.56. The minimum Gasteiger partial charge on any atom is -0.479 e. The van der Waals surface area contributed by atoms with E-state index in [4.69, 9.17) is 9.84 Å². The van der Waals surface area contributed by atoms with Crippen LogP contribution in [0, 0.1) is 0 Å². The highest BCUT2D eigenvalue weighted by molar-refractivity contribution is 9.10. The lowest BCUT2D eigenvalue weighted by Crippen LogP contribution is -2.37. The number of benzene rings is 1. The average Bonchev–Trinajstić information content (AvgIpc) is 2.76. The fourth-order valence-corrected chi connectivity index (χ4v) is 2.35. The van der Waals surface area contributed by atoms with Crippen LogP contribution in [0.25, 0.3) is 0 Å². The number of carboxylic acid groups (broad SMARTS) is 2. The van der Waals surface area contributed by atoms with Crippen molar-refractivity contribution in [1.82, 2.24) is 0 Å². The highest BCUT2D eigenvalue weighted by atomic mass is 79.9. The monoisotopic (exact) mass is 314 g/mol. The predicted octanol–water partition coefficient (Wildman–Crippen LogP) is 1.99. The van der Waals surface area contributed by atoms with Crippen LogP contribution in [0.15, 0.2) is 28.7 Å². The Labute approximate surface area is 112 Å². The molecule has 1 fully saturated rings. The van der Waals surface area contributed by atoms with E-state index in [0.717, 1.165) is 4.47 Å². The van der Waals surface area contributed by atoms with Gasteiger partial charge in [0.2, 0.25) is 0 Å². The largest absolute Gasteiger partial charge is 0.479 e. The molecule has 1 aromatic carbocycles. The first-order valence-electron chi connectivity index (χ1n) is 5.36. The molecule has 1 saturated heterocycles. The number of hydrogen-bond donors (Lipinski definition) is 2. The Kier molecular flexibility index (Phi) is 3.41. The van der Waals surface area contributed by atoms with Gasteiger partial charge in [-0.25, -0.2) is 9.59 Å². The van der Waals surface area contributed by atoms with Crippen molar-refractivity contribution in [2.24, 2.45) is 0 Å².